The third-order valence-electron chi connectivity index (χ3n) is 0.750. The molecule has 0 atom stereocenters. The molecular weight excluding hydrogens is 172 g/mol. The summed E-state index contributed by atoms with van der Waals surface area (Å²) < 4.78 is 3.74. The number of hydrogen-bond donors (Lipinski definition) is 1. The summed E-state index contributed by atoms with van der Waals surface area (Å²) in [6.07, 6.45) is 0. The molecule has 60 valence electrons. The average molecular weight is 193 g/mol. The molecule has 0 saturated carbocycles. The molecule has 0 aliphatic heterocycles. The molecule has 0 radical (unpaired) electrons. The molecule has 0 aliphatic carbocycles. The van der Waals surface area contributed by atoms with E-state index in [1.165, 1.54) is 0 Å². The maximum atomic E-state index is 3.74. The molecule has 0 aliphatic rings. The van der Waals surface area contributed by atoms with Crippen molar-refractivity contribution in [1.29, 1.82) is 0 Å². The van der Waals surface area contributed by atoms with Crippen LogP contribution in [0.2, 0.25) is 39.3 Å². The summed E-state index contributed by atoms with van der Waals surface area (Å²) in [5.41, 5.74) is 0. The quantitative estimate of drug-likeness (QED) is 0.644. The van der Waals surface area contributed by atoms with Crippen molar-refractivity contribution in [3.63, 3.8) is 0 Å². The Labute approximate surface area is 108 Å². The Hall–Kier alpha value is 1.99. The molecule has 0 bridgehead atoms. The zero-order valence-electron chi connectivity index (χ0n) is 7.50. The van der Waals surface area contributed by atoms with Crippen molar-refractivity contribution in [3.8, 4) is 0 Å². The summed E-state index contributed by atoms with van der Waals surface area (Å²) in [6, 6.07) is 0. The predicted molar refractivity (Wildman–Crippen MR) is 64.1 cm³/mol. The minimum absolute atomic E-state index is 0. The summed E-state index contributed by atoms with van der Waals surface area (Å²) in [5.74, 6) is 0. The van der Waals surface area contributed by atoms with Crippen LogP contribution in [0, 0.1) is 0 Å². The van der Waals surface area contributed by atoms with Crippen LogP contribution in [-0.4, -0.2) is 64.9 Å². The van der Waals surface area contributed by atoms with E-state index in [0.29, 0.717) is 0 Å². The van der Waals surface area contributed by atoms with E-state index >= 15 is 0 Å². The molecular formula is C6H21LiNNaSi2. The second kappa shape index (κ2) is 6.45. The van der Waals surface area contributed by atoms with E-state index in [2.05, 4.69) is 43.9 Å². The second-order valence-corrected chi connectivity index (χ2v) is 14.6. The molecule has 1 N–H and O–H groups in total. The Balaban J connectivity index is -0.000000320. The van der Waals surface area contributed by atoms with Crippen molar-refractivity contribution in [2.45, 2.75) is 39.3 Å². The topological polar surface area (TPSA) is 12.0 Å². The minimum atomic E-state index is -0.981. The van der Waals surface area contributed by atoms with Gasteiger partial charge in [-0.1, -0.05) is 39.3 Å². The van der Waals surface area contributed by atoms with E-state index in [0.717, 1.165) is 0 Å². The number of rotatable bonds is 2. The third-order valence-corrected chi connectivity index (χ3v) is 6.75. The van der Waals surface area contributed by atoms with Gasteiger partial charge in [0, 0.05) is 0 Å². The fraction of sp³-hybridized carbons (Fsp3) is 1.00. The standard InChI is InChI=1S/C6H19NSi2.Li.Na.2H/c1-8(2,3)7-9(4,5)6;;;;/h7H,1-6H3;;;;. The first-order chi connectivity index (χ1) is 3.71. The van der Waals surface area contributed by atoms with Crippen molar-refractivity contribution in [1.82, 2.24) is 4.65 Å². The predicted octanol–water partition coefficient (Wildman–Crippen LogP) is 0.949. The summed E-state index contributed by atoms with van der Waals surface area (Å²) in [6.45, 7) is 14.1. The van der Waals surface area contributed by atoms with Gasteiger partial charge in [-0.15, -0.1) is 0 Å². The maximum absolute atomic E-state index is 3.74. The molecule has 0 aromatic carbocycles. The molecule has 1 nitrogen and oxygen atoms in total. The first kappa shape index (κ1) is 18.7. The van der Waals surface area contributed by atoms with E-state index in [4.69, 9.17) is 0 Å². The number of hydrogen-bond acceptors (Lipinski definition) is 1. The van der Waals surface area contributed by atoms with Crippen molar-refractivity contribution in [2.75, 3.05) is 0 Å². The molecule has 0 aromatic rings. The molecule has 0 unspecified atom stereocenters. The van der Waals surface area contributed by atoms with Crippen LogP contribution in [-0.2, 0) is 0 Å². The van der Waals surface area contributed by atoms with Gasteiger partial charge in [-0.05, 0) is 0 Å². The zero-order valence-corrected chi connectivity index (χ0v) is 9.50. The van der Waals surface area contributed by atoms with Crippen molar-refractivity contribution in [2.24, 2.45) is 0 Å². The first-order valence-corrected chi connectivity index (χ1v) is 10.5. The summed E-state index contributed by atoms with van der Waals surface area (Å²) >= 11 is 0. The summed E-state index contributed by atoms with van der Waals surface area (Å²) in [5, 5.41) is 0. The molecule has 0 fully saturated rings. The van der Waals surface area contributed by atoms with Crippen LogP contribution in [0.15, 0.2) is 0 Å². The van der Waals surface area contributed by atoms with Gasteiger partial charge in [0.2, 0.25) is 0 Å². The summed E-state index contributed by atoms with van der Waals surface area (Å²) in [4.78, 5) is 0. The Morgan fingerprint density at radius 2 is 0.909 bits per heavy atom. The molecule has 5 heteroatoms. The van der Waals surface area contributed by atoms with Crippen LogP contribution in [0.5, 0.6) is 0 Å². The van der Waals surface area contributed by atoms with E-state index in [9.17, 15) is 0 Å². The van der Waals surface area contributed by atoms with Gasteiger partial charge in [-0.25, -0.2) is 0 Å². The van der Waals surface area contributed by atoms with Crippen molar-refractivity contribution < 1.29 is 0 Å². The molecule has 11 heavy (non-hydrogen) atoms. The summed E-state index contributed by atoms with van der Waals surface area (Å²) in [7, 11) is -1.96. The Morgan fingerprint density at radius 1 is 0.727 bits per heavy atom. The molecule has 0 amide bonds. The molecule has 0 rings (SSSR count). The molecule has 0 saturated heterocycles. The van der Waals surface area contributed by atoms with Crippen LogP contribution in [0.25, 0.3) is 0 Å². The van der Waals surface area contributed by atoms with Crippen LogP contribution >= 0.6 is 0 Å². The van der Waals surface area contributed by atoms with Crippen molar-refractivity contribution >= 4 is 64.9 Å². The first-order valence-electron chi connectivity index (χ1n) is 3.50. The van der Waals surface area contributed by atoms with E-state index in [-0.39, 0.29) is 48.4 Å². The molecule has 0 spiro atoms. The van der Waals surface area contributed by atoms with Gasteiger partial charge >= 0.3 is 48.4 Å². The van der Waals surface area contributed by atoms with Crippen LogP contribution < -0.4 is 4.65 Å². The van der Waals surface area contributed by atoms with Crippen molar-refractivity contribution in [3.05, 3.63) is 0 Å². The van der Waals surface area contributed by atoms with E-state index in [1.54, 1.807) is 0 Å². The van der Waals surface area contributed by atoms with Gasteiger partial charge in [0.25, 0.3) is 0 Å². The number of nitrogens with one attached hydrogen (secondary N) is 1. The van der Waals surface area contributed by atoms with Gasteiger partial charge in [-0.2, -0.15) is 0 Å². The van der Waals surface area contributed by atoms with Gasteiger partial charge < -0.3 is 4.65 Å². The van der Waals surface area contributed by atoms with Gasteiger partial charge in [0.1, 0.15) is 16.5 Å². The Kier molecular flexibility index (Phi) is 11.0. The normalized spacial score (nSPS) is 11.5. The Bertz CT molecular complexity index is 85.7. The molecule has 0 aromatic heterocycles. The monoisotopic (exact) mass is 193 g/mol. The fourth-order valence-corrected chi connectivity index (χ4v) is 10.1. The second-order valence-electron chi connectivity index (χ2n) is 4.62. The molecule has 0 heterocycles. The third kappa shape index (κ3) is 18.7. The average Bonchev–Trinajstić information content (AvgIpc) is 1.14. The van der Waals surface area contributed by atoms with E-state index < -0.39 is 16.5 Å². The van der Waals surface area contributed by atoms with Gasteiger partial charge in [-0.3, -0.25) is 0 Å². The van der Waals surface area contributed by atoms with Crippen LogP contribution in [0.3, 0.4) is 0 Å². The van der Waals surface area contributed by atoms with Gasteiger partial charge in [0.05, 0.1) is 0 Å². The van der Waals surface area contributed by atoms with Gasteiger partial charge in [0.15, 0.2) is 0 Å². The van der Waals surface area contributed by atoms with Crippen LogP contribution in [0.1, 0.15) is 0 Å². The fourth-order valence-electron chi connectivity index (χ4n) is 1.12. The zero-order chi connectivity index (χ0) is 7.71. The SMILES string of the molecule is C[Si](C)(C)N[Si](C)(C)C.[LiH].[NaH]. The van der Waals surface area contributed by atoms with E-state index in [1.807, 2.05) is 0 Å². The van der Waals surface area contributed by atoms with Crippen LogP contribution in [0.4, 0.5) is 0 Å². The Morgan fingerprint density at radius 3 is 0.909 bits per heavy atom.